The van der Waals surface area contributed by atoms with E-state index in [2.05, 4.69) is 10.6 Å². The summed E-state index contributed by atoms with van der Waals surface area (Å²) in [7, 11) is 0. The third-order valence-corrected chi connectivity index (χ3v) is 5.77. The molecule has 1 aliphatic carbocycles. The van der Waals surface area contributed by atoms with Crippen molar-refractivity contribution in [3.63, 3.8) is 0 Å². The highest BCUT2D eigenvalue weighted by molar-refractivity contribution is 7.09. The van der Waals surface area contributed by atoms with E-state index in [9.17, 15) is 9.59 Å². The first-order valence-corrected chi connectivity index (χ1v) is 9.95. The molecule has 0 spiro atoms. The van der Waals surface area contributed by atoms with Gasteiger partial charge in [-0.05, 0) is 48.9 Å². The molecule has 1 heterocycles. The average Bonchev–Trinajstić information content (AvgIpc) is 3.15. The number of hydrogen-bond donors (Lipinski definition) is 3. The Labute approximate surface area is 161 Å². The molecule has 138 valence electrons. The lowest BCUT2D eigenvalue weighted by atomic mass is 9.85. The van der Waals surface area contributed by atoms with Gasteiger partial charge in [-0.1, -0.05) is 24.1 Å². The van der Waals surface area contributed by atoms with Crippen LogP contribution in [0.2, 0.25) is 5.02 Å². The van der Waals surface area contributed by atoms with Gasteiger partial charge < -0.3 is 16.4 Å². The first-order chi connectivity index (χ1) is 12.5. The Balaban J connectivity index is 1.64. The number of nitrogens with one attached hydrogen (secondary N) is 2. The van der Waals surface area contributed by atoms with Crippen molar-refractivity contribution < 1.29 is 9.59 Å². The van der Waals surface area contributed by atoms with Crippen molar-refractivity contribution in [2.45, 2.75) is 38.3 Å². The maximum atomic E-state index is 12.5. The molecule has 26 heavy (non-hydrogen) atoms. The van der Waals surface area contributed by atoms with Crippen LogP contribution in [-0.2, 0) is 11.3 Å². The predicted molar refractivity (Wildman–Crippen MR) is 106 cm³/mol. The van der Waals surface area contributed by atoms with Crippen molar-refractivity contribution in [3.8, 4) is 0 Å². The van der Waals surface area contributed by atoms with Gasteiger partial charge >= 0.3 is 0 Å². The number of carbonyl (C=O) groups excluding carboxylic acids is 2. The number of nitrogens with two attached hydrogens (primary N) is 1. The van der Waals surface area contributed by atoms with Crippen LogP contribution in [0.5, 0.6) is 0 Å². The molecule has 1 aromatic carbocycles. The maximum Gasteiger partial charge on any atom is 0.253 e. The van der Waals surface area contributed by atoms with Crippen molar-refractivity contribution in [3.05, 3.63) is 51.2 Å². The highest BCUT2D eigenvalue weighted by Crippen LogP contribution is 2.26. The molecule has 2 aromatic rings. The van der Waals surface area contributed by atoms with Gasteiger partial charge in [0.25, 0.3) is 5.91 Å². The normalized spacial score (nSPS) is 19.8. The molecular formula is C19H22ClN3O2S. The number of benzene rings is 1. The van der Waals surface area contributed by atoms with E-state index in [0.717, 1.165) is 24.1 Å². The van der Waals surface area contributed by atoms with Crippen molar-refractivity contribution in [2.75, 3.05) is 5.32 Å². The molecular weight excluding hydrogens is 370 g/mol. The van der Waals surface area contributed by atoms with Gasteiger partial charge in [-0.15, -0.1) is 11.3 Å². The van der Waals surface area contributed by atoms with Gasteiger partial charge in [-0.3, -0.25) is 9.59 Å². The molecule has 5 nitrogen and oxygen atoms in total. The highest BCUT2D eigenvalue weighted by Gasteiger charge is 2.25. The van der Waals surface area contributed by atoms with Gasteiger partial charge in [0, 0.05) is 22.5 Å². The van der Waals surface area contributed by atoms with Gasteiger partial charge in [0.1, 0.15) is 0 Å². The number of halogens is 1. The second-order valence-electron chi connectivity index (χ2n) is 6.57. The minimum Gasteiger partial charge on any atom is -0.347 e. The minimum absolute atomic E-state index is 0.0487. The van der Waals surface area contributed by atoms with Crippen LogP contribution in [-0.4, -0.2) is 17.9 Å². The summed E-state index contributed by atoms with van der Waals surface area (Å²) in [5.74, 6) is -0.392. The van der Waals surface area contributed by atoms with Gasteiger partial charge in [-0.2, -0.15) is 0 Å². The number of carbonyl (C=O) groups is 2. The maximum absolute atomic E-state index is 12.5. The number of thiophene rings is 1. The van der Waals surface area contributed by atoms with Crippen LogP contribution >= 0.6 is 22.9 Å². The monoisotopic (exact) mass is 391 g/mol. The summed E-state index contributed by atoms with van der Waals surface area (Å²) in [6.07, 6.45) is 3.49. The van der Waals surface area contributed by atoms with Crippen LogP contribution in [0.15, 0.2) is 35.7 Å². The van der Waals surface area contributed by atoms with Crippen molar-refractivity contribution in [1.82, 2.24) is 5.32 Å². The Morgan fingerprint density at radius 3 is 2.85 bits per heavy atom. The summed E-state index contributed by atoms with van der Waals surface area (Å²) in [5, 5.41) is 8.06. The van der Waals surface area contributed by atoms with E-state index in [1.165, 1.54) is 0 Å². The number of hydrogen-bond acceptors (Lipinski definition) is 4. The van der Waals surface area contributed by atoms with E-state index in [0.29, 0.717) is 29.2 Å². The summed E-state index contributed by atoms with van der Waals surface area (Å²) in [5.41, 5.74) is 6.88. The molecule has 1 saturated carbocycles. The molecule has 2 atom stereocenters. The molecule has 1 aromatic heterocycles. The lowest BCUT2D eigenvalue weighted by molar-refractivity contribution is -0.120. The van der Waals surface area contributed by atoms with E-state index in [1.54, 1.807) is 29.5 Å². The first-order valence-electron chi connectivity index (χ1n) is 8.69. The van der Waals surface area contributed by atoms with Crippen LogP contribution in [0.1, 0.15) is 40.9 Å². The van der Waals surface area contributed by atoms with E-state index >= 15 is 0 Å². The van der Waals surface area contributed by atoms with Crippen LogP contribution < -0.4 is 16.4 Å². The lowest BCUT2D eigenvalue weighted by Gasteiger charge is -2.25. The lowest BCUT2D eigenvalue weighted by Crippen LogP contribution is -2.34. The van der Waals surface area contributed by atoms with Crippen LogP contribution in [0.4, 0.5) is 5.69 Å². The number of amides is 2. The van der Waals surface area contributed by atoms with E-state index in [1.807, 2.05) is 17.5 Å². The van der Waals surface area contributed by atoms with E-state index < -0.39 is 0 Å². The fourth-order valence-corrected chi connectivity index (χ4v) is 4.01. The first kappa shape index (κ1) is 18.9. The van der Waals surface area contributed by atoms with Crippen molar-refractivity contribution >= 4 is 40.4 Å². The van der Waals surface area contributed by atoms with Crippen LogP contribution in [0, 0.1) is 5.92 Å². The fourth-order valence-electron chi connectivity index (χ4n) is 3.16. The van der Waals surface area contributed by atoms with Crippen LogP contribution in [0.3, 0.4) is 0 Å². The quantitative estimate of drug-likeness (QED) is 0.725. The van der Waals surface area contributed by atoms with Crippen molar-refractivity contribution in [1.29, 1.82) is 0 Å². The molecule has 2 unspecified atom stereocenters. The Bertz CT molecular complexity index is 779. The SMILES string of the molecule is NC1CCCC(C(=O)Nc2ccc(Cl)c(C(=O)NCc3cccs3)c2)C1. The zero-order valence-corrected chi connectivity index (χ0v) is 15.9. The molecule has 3 rings (SSSR count). The molecule has 0 aliphatic heterocycles. The second-order valence-corrected chi connectivity index (χ2v) is 8.01. The molecule has 2 amide bonds. The molecule has 0 radical (unpaired) electrons. The number of rotatable bonds is 5. The summed E-state index contributed by atoms with van der Waals surface area (Å²) in [4.78, 5) is 25.9. The zero-order valence-electron chi connectivity index (χ0n) is 14.3. The molecule has 1 aliphatic rings. The smallest absolute Gasteiger partial charge is 0.253 e. The standard InChI is InChI=1S/C19H22ClN3O2S/c20-17-7-6-14(23-18(24)12-3-1-4-13(21)9-12)10-16(17)19(25)22-11-15-5-2-8-26-15/h2,5-8,10,12-13H,1,3-4,9,11,21H2,(H,22,25)(H,23,24). The summed E-state index contributed by atoms with van der Waals surface area (Å²) >= 11 is 7.75. The van der Waals surface area contributed by atoms with Gasteiger partial charge in [-0.25, -0.2) is 0 Å². The topological polar surface area (TPSA) is 84.2 Å². The Morgan fingerprint density at radius 2 is 2.12 bits per heavy atom. The van der Waals surface area contributed by atoms with Crippen molar-refractivity contribution in [2.24, 2.45) is 11.7 Å². The predicted octanol–water partition coefficient (Wildman–Crippen LogP) is 3.79. The fraction of sp³-hybridized carbons (Fsp3) is 0.368. The van der Waals surface area contributed by atoms with Gasteiger partial charge in [0.05, 0.1) is 17.1 Å². The molecule has 7 heteroatoms. The number of anilines is 1. The largest absolute Gasteiger partial charge is 0.347 e. The van der Waals surface area contributed by atoms with Gasteiger partial charge in [0.2, 0.25) is 5.91 Å². The zero-order chi connectivity index (χ0) is 18.5. The van der Waals surface area contributed by atoms with Crippen LogP contribution in [0.25, 0.3) is 0 Å². The average molecular weight is 392 g/mol. The Morgan fingerprint density at radius 1 is 1.27 bits per heavy atom. The summed E-state index contributed by atoms with van der Waals surface area (Å²) < 4.78 is 0. The Kier molecular flexibility index (Phi) is 6.29. The third kappa shape index (κ3) is 4.84. The minimum atomic E-state index is -0.265. The molecule has 0 saturated heterocycles. The summed E-state index contributed by atoms with van der Waals surface area (Å²) in [6.45, 7) is 0.448. The second kappa shape index (κ2) is 8.66. The summed E-state index contributed by atoms with van der Waals surface area (Å²) in [6, 6.07) is 8.93. The van der Waals surface area contributed by atoms with E-state index in [4.69, 9.17) is 17.3 Å². The highest BCUT2D eigenvalue weighted by atomic mass is 35.5. The molecule has 4 N–H and O–H groups in total. The third-order valence-electron chi connectivity index (χ3n) is 4.57. The van der Waals surface area contributed by atoms with Gasteiger partial charge in [0.15, 0.2) is 0 Å². The molecule has 1 fully saturated rings. The van der Waals surface area contributed by atoms with E-state index in [-0.39, 0.29) is 23.8 Å². The Hall–Kier alpha value is -1.89. The molecule has 0 bridgehead atoms.